The standard InChI is InChI=1S/C18H21ClN2O3S/c1-24-18-7-4-15(19)10-17(18)21-11-14-9-13(14)8-12-2-5-16(6-3-12)25(20,22)23/h2-7,10,13-14,21H,8-9,11H2,1H3,(H2,20,22,23)/t13-,14+/m1/s1. The third-order valence-corrected chi connectivity index (χ3v) is 5.70. The summed E-state index contributed by atoms with van der Waals surface area (Å²) in [5.74, 6) is 1.96. The number of rotatable bonds is 7. The van der Waals surface area contributed by atoms with Gasteiger partial charge in [0.05, 0.1) is 17.7 Å². The molecule has 1 aliphatic carbocycles. The minimum Gasteiger partial charge on any atom is -0.495 e. The van der Waals surface area contributed by atoms with Gasteiger partial charge >= 0.3 is 0 Å². The van der Waals surface area contributed by atoms with Gasteiger partial charge in [-0.3, -0.25) is 0 Å². The molecule has 0 spiro atoms. The van der Waals surface area contributed by atoms with Crippen molar-refractivity contribution in [1.82, 2.24) is 0 Å². The Kier molecular flexibility index (Phi) is 5.22. The summed E-state index contributed by atoms with van der Waals surface area (Å²) >= 11 is 6.04. The second kappa shape index (κ2) is 7.23. The number of primary sulfonamides is 1. The van der Waals surface area contributed by atoms with E-state index in [9.17, 15) is 8.42 Å². The van der Waals surface area contributed by atoms with Crippen molar-refractivity contribution in [3.63, 3.8) is 0 Å². The molecule has 7 heteroatoms. The molecular weight excluding hydrogens is 360 g/mol. The topological polar surface area (TPSA) is 81.4 Å². The Morgan fingerprint density at radius 1 is 1.20 bits per heavy atom. The molecule has 5 nitrogen and oxygen atoms in total. The number of ether oxygens (including phenoxy) is 1. The number of nitrogens with one attached hydrogen (secondary N) is 1. The van der Waals surface area contributed by atoms with Crippen molar-refractivity contribution in [2.45, 2.75) is 17.7 Å². The number of hydrogen-bond donors (Lipinski definition) is 2. The first kappa shape index (κ1) is 18.0. The lowest BCUT2D eigenvalue weighted by Crippen LogP contribution is -2.12. The Morgan fingerprint density at radius 2 is 1.92 bits per heavy atom. The highest BCUT2D eigenvalue weighted by molar-refractivity contribution is 7.89. The maximum Gasteiger partial charge on any atom is 0.238 e. The summed E-state index contributed by atoms with van der Waals surface area (Å²) in [6.07, 6.45) is 2.08. The molecule has 0 aliphatic heterocycles. The number of hydrogen-bond acceptors (Lipinski definition) is 4. The number of sulfonamides is 1. The molecule has 1 fully saturated rings. The van der Waals surface area contributed by atoms with Crippen LogP contribution in [0.15, 0.2) is 47.4 Å². The number of methoxy groups -OCH3 is 1. The van der Waals surface area contributed by atoms with Crippen molar-refractivity contribution in [2.75, 3.05) is 19.0 Å². The quantitative estimate of drug-likeness (QED) is 0.772. The van der Waals surface area contributed by atoms with Crippen LogP contribution in [0.3, 0.4) is 0 Å². The normalized spacial score (nSPS) is 19.5. The van der Waals surface area contributed by atoms with E-state index in [2.05, 4.69) is 5.32 Å². The van der Waals surface area contributed by atoms with Gasteiger partial charge in [0.25, 0.3) is 0 Å². The van der Waals surface area contributed by atoms with Crippen LogP contribution in [0.4, 0.5) is 5.69 Å². The van der Waals surface area contributed by atoms with Gasteiger partial charge in [0, 0.05) is 11.6 Å². The Hall–Kier alpha value is -1.76. The van der Waals surface area contributed by atoms with Gasteiger partial charge in [-0.25, -0.2) is 13.6 Å². The van der Waals surface area contributed by atoms with Crippen LogP contribution < -0.4 is 15.2 Å². The molecule has 134 valence electrons. The third kappa shape index (κ3) is 4.66. The summed E-state index contributed by atoms with van der Waals surface area (Å²) < 4.78 is 27.9. The first-order chi connectivity index (χ1) is 11.9. The van der Waals surface area contributed by atoms with Gasteiger partial charge in [-0.2, -0.15) is 0 Å². The summed E-state index contributed by atoms with van der Waals surface area (Å²) in [6.45, 7) is 0.858. The second-order valence-electron chi connectivity index (χ2n) is 6.37. The molecule has 1 aliphatic rings. The van der Waals surface area contributed by atoms with Crippen LogP contribution in [0, 0.1) is 11.8 Å². The summed E-state index contributed by atoms with van der Waals surface area (Å²) in [6, 6.07) is 12.3. The molecule has 3 N–H and O–H groups in total. The Bertz CT molecular complexity index is 853. The lowest BCUT2D eigenvalue weighted by atomic mass is 10.1. The predicted octanol–water partition coefficient (Wildman–Crippen LogP) is 3.29. The van der Waals surface area contributed by atoms with Crippen molar-refractivity contribution >= 4 is 27.3 Å². The number of halogens is 1. The molecule has 2 aromatic rings. The Morgan fingerprint density at radius 3 is 2.56 bits per heavy atom. The van der Waals surface area contributed by atoms with Gasteiger partial charge < -0.3 is 10.1 Å². The van der Waals surface area contributed by atoms with Gasteiger partial charge in [0.1, 0.15) is 5.75 Å². The monoisotopic (exact) mass is 380 g/mol. The fraction of sp³-hybridized carbons (Fsp3) is 0.333. The average Bonchev–Trinajstić information content (AvgIpc) is 3.30. The van der Waals surface area contributed by atoms with E-state index < -0.39 is 10.0 Å². The van der Waals surface area contributed by atoms with E-state index in [4.69, 9.17) is 21.5 Å². The van der Waals surface area contributed by atoms with Crippen molar-refractivity contribution in [3.8, 4) is 5.75 Å². The van der Waals surface area contributed by atoms with Crippen molar-refractivity contribution in [2.24, 2.45) is 17.0 Å². The van der Waals surface area contributed by atoms with Gasteiger partial charge in [0.2, 0.25) is 10.0 Å². The summed E-state index contributed by atoms with van der Waals surface area (Å²) in [5.41, 5.74) is 2.03. The fourth-order valence-corrected chi connectivity index (χ4v) is 3.68. The van der Waals surface area contributed by atoms with Crippen LogP contribution in [-0.2, 0) is 16.4 Å². The van der Waals surface area contributed by atoms with E-state index in [1.54, 1.807) is 25.3 Å². The molecule has 0 bridgehead atoms. The molecule has 2 aromatic carbocycles. The third-order valence-electron chi connectivity index (χ3n) is 4.54. The first-order valence-electron chi connectivity index (χ1n) is 8.06. The molecule has 0 unspecified atom stereocenters. The van der Waals surface area contributed by atoms with Crippen LogP contribution >= 0.6 is 11.6 Å². The van der Waals surface area contributed by atoms with Crippen molar-refractivity contribution in [1.29, 1.82) is 0 Å². The van der Waals surface area contributed by atoms with Crippen molar-refractivity contribution in [3.05, 3.63) is 53.1 Å². The van der Waals surface area contributed by atoms with Gasteiger partial charge in [-0.15, -0.1) is 0 Å². The van der Waals surface area contributed by atoms with Gasteiger partial charge in [-0.05, 0) is 60.6 Å². The minimum absolute atomic E-state index is 0.151. The zero-order valence-electron chi connectivity index (χ0n) is 13.9. The van der Waals surface area contributed by atoms with E-state index in [0.29, 0.717) is 16.9 Å². The van der Waals surface area contributed by atoms with Crippen LogP contribution in [0.2, 0.25) is 5.02 Å². The molecule has 0 radical (unpaired) electrons. The van der Waals surface area contributed by atoms with Gasteiger partial charge in [-0.1, -0.05) is 23.7 Å². The molecule has 2 atom stereocenters. The maximum atomic E-state index is 11.3. The zero-order chi connectivity index (χ0) is 18.0. The highest BCUT2D eigenvalue weighted by Crippen LogP contribution is 2.41. The Balaban J connectivity index is 1.53. The second-order valence-corrected chi connectivity index (χ2v) is 8.37. The summed E-state index contributed by atoms with van der Waals surface area (Å²) in [5, 5.41) is 9.19. The lowest BCUT2D eigenvalue weighted by molar-refractivity contribution is 0.416. The van der Waals surface area contributed by atoms with Crippen molar-refractivity contribution < 1.29 is 13.2 Å². The molecule has 0 heterocycles. The predicted molar refractivity (Wildman–Crippen MR) is 99.6 cm³/mol. The molecule has 1 saturated carbocycles. The smallest absolute Gasteiger partial charge is 0.238 e. The number of benzene rings is 2. The molecule has 3 rings (SSSR count). The average molecular weight is 381 g/mol. The van der Waals surface area contributed by atoms with E-state index in [-0.39, 0.29) is 4.90 Å². The van der Waals surface area contributed by atoms with E-state index in [0.717, 1.165) is 36.4 Å². The van der Waals surface area contributed by atoms with E-state index in [1.165, 1.54) is 0 Å². The molecule has 0 amide bonds. The number of nitrogens with two attached hydrogens (primary N) is 1. The van der Waals surface area contributed by atoms with Crippen LogP contribution in [0.1, 0.15) is 12.0 Å². The minimum atomic E-state index is -3.63. The first-order valence-corrected chi connectivity index (χ1v) is 9.98. The summed E-state index contributed by atoms with van der Waals surface area (Å²) in [7, 11) is -1.99. The van der Waals surface area contributed by atoms with Crippen LogP contribution in [0.25, 0.3) is 0 Å². The lowest BCUT2D eigenvalue weighted by Gasteiger charge is -2.11. The zero-order valence-corrected chi connectivity index (χ0v) is 15.5. The van der Waals surface area contributed by atoms with E-state index >= 15 is 0 Å². The fourth-order valence-electron chi connectivity index (χ4n) is 2.99. The highest BCUT2D eigenvalue weighted by Gasteiger charge is 2.36. The van der Waals surface area contributed by atoms with Crippen LogP contribution in [0.5, 0.6) is 5.75 Å². The molecular formula is C18H21ClN2O3S. The SMILES string of the molecule is COc1ccc(Cl)cc1NC[C@@H]1C[C@H]1Cc1ccc(S(N)(=O)=O)cc1. The molecule has 0 aromatic heterocycles. The maximum absolute atomic E-state index is 11.3. The molecule has 0 saturated heterocycles. The Labute approximate surface area is 153 Å². The van der Waals surface area contributed by atoms with E-state index in [1.807, 2.05) is 24.3 Å². The largest absolute Gasteiger partial charge is 0.495 e. The molecule has 25 heavy (non-hydrogen) atoms. The highest BCUT2D eigenvalue weighted by atomic mass is 35.5. The van der Waals surface area contributed by atoms with Gasteiger partial charge in [0.15, 0.2) is 0 Å². The number of anilines is 1. The summed E-state index contributed by atoms with van der Waals surface area (Å²) in [4.78, 5) is 0.151. The van der Waals surface area contributed by atoms with Crippen LogP contribution in [-0.4, -0.2) is 22.1 Å².